The summed E-state index contributed by atoms with van der Waals surface area (Å²) in [7, 11) is 0. The molecule has 7 heteroatoms. The van der Waals surface area contributed by atoms with Crippen LogP contribution in [0.1, 0.15) is 40.4 Å². The molecule has 30 heavy (non-hydrogen) atoms. The van der Waals surface area contributed by atoms with Gasteiger partial charge in [0, 0.05) is 30.6 Å². The normalized spacial score (nSPS) is 16.3. The van der Waals surface area contributed by atoms with Crippen molar-refractivity contribution in [2.45, 2.75) is 39.5 Å². The molecule has 1 aliphatic rings. The first kappa shape index (κ1) is 21.6. The van der Waals surface area contributed by atoms with Crippen LogP contribution in [0.5, 0.6) is 5.75 Å². The average molecular weight is 411 g/mol. The zero-order chi connectivity index (χ0) is 21.3. The van der Waals surface area contributed by atoms with Crippen molar-refractivity contribution in [3.05, 3.63) is 64.7 Å². The van der Waals surface area contributed by atoms with Crippen molar-refractivity contribution in [3.63, 3.8) is 0 Å². The molecule has 1 aliphatic heterocycles. The molecule has 1 heterocycles. The third-order valence-electron chi connectivity index (χ3n) is 4.83. The number of hydrogen-bond acceptors (Lipinski definition) is 4. The maximum atomic E-state index is 11.4. The van der Waals surface area contributed by atoms with E-state index in [9.17, 15) is 4.79 Å². The number of ether oxygens (including phenoxy) is 2. The zero-order valence-electron chi connectivity index (χ0n) is 17.6. The molecule has 0 bridgehead atoms. The molecule has 1 fully saturated rings. The summed E-state index contributed by atoms with van der Waals surface area (Å²) in [5.41, 5.74) is 8.99. The SMILES string of the molecule is CCNC(=NCc1cccc(C(N)=O)c1)NCc1ccc(C)cc1OC1CCOC1. The third-order valence-corrected chi connectivity index (χ3v) is 4.83. The molecular weight excluding hydrogens is 380 g/mol. The molecular formula is C23H30N4O3. The van der Waals surface area contributed by atoms with Gasteiger partial charge >= 0.3 is 0 Å². The number of aryl methyl sites for hydroxylation is 1. The number of nitrogens with zero attached hydrogens (tertiary/aromatic N) is 1. The summed E-state index contributed by atoms with van der Waals surface area (Å²) in [5, 5.41) is 6.62. The van der Waals surface area contributed by atoms with Gasteiger partial charge in [-0.3, -0.25) is 4.79 Å². The molecule has 0 saturated carbocycles. The summed E-state index contributed by atoms with van der Waals surface area (Å²) in [4.78, 5) is 16.0. The van der Waals surface area contributed by atoms with E-state index < -0.39 is 5.91 Å². The first-order valence-corrected chi connectivity index (χ1v) is 10.3. The van der Waals surface area contributed by atoms with Crippen LogP contribution in [0.4, 0.5) is 0 Å². The summed E-state index contributed by atoms with van der Waals surface area (Å²) >= 11 is 0. The standard InChI is InChI=1S/C23H30N4O3/c1-3-25-23(26-13-17-5-4-6-18(12-17)22(24)28)27-14-19-8-7-16(2)11-21(19)30-20-9-10-29-15-20/h4-8,11-12,20H,3,9-10,13-15H2,1-2H3,(H2,24,28)(H2,25,26,27). The molecule has 0 radical (unpaired) electrons. The second-order valence-corrected chi connectivity index (χ2v) is 7.33. The van der Waals surface area contributed by atoms with Crippen LogP contribution < -0.4 is 21.1 Å². The van der Waals surface area contributed by atoms with Crippen molar-refractivity contribution in [1.29, 1.82) is 0 Å². The van der Waals surface area contributed by atoms with Gasteiger partial charge in [-0.1, -0.05) is 24.3 Å². The Morgan fingerprint density at radius 3 is 2.87 bits per heavy atom. The lowest BCUT2D eigenvalue weighted by Crippen LogP contribution is -2.37. The lowest BCUT2D eigenvalue weighted by atomic mass is 10.1. The van der Waals surface area contributed by atoms with Crippen LogP contribution in [0, 0.1) is 6.92 Å². The molecule has 1 unspecified atom stereocenters. The van der Waals surface area contributed by atoms with E-state index in [0.717, 1.165) is 42.0 Å². The van der Waals surface area contributed by atoms with Gasteiger partial charge in [0.1, 0.15) is 11.9 Å². The van der Waals surface area contributed by atoms with Crippen molar-refractivity contribution >= 4 is 11.9 Å². The van der Waals surface area contributed by atoms with Crippen LogP contribution in [0.3, 0.4) is 0 Å². The Morgan fingerprint density at radius 1 is 1.27 bits per heavy atom. The number of guanidine groups is 1. The number of nitrogens with one attached hydrogen (secondary N) is 2. The summed E-state index contributed by atoms with van der Waals surface area (Å²) in [6.45, 7) is 7.22. The topological polar surface area (TPSA) is 98.0 Å². The Morgan fingerprint density at radius 2 is 2.13 bits per heavy atom. The second kappa shape index (κ2) is 10.6. The van der Waals surface area contributed by atoms with E-state index in [2.05, 4.69) is 40.7 Å². The summed E-state index contributed by atoms with van der Waals surface area (Å²) in [5.74, 6) is 1.13. The predicted molar refractivity (Wildman–Crippen MR) is 118 cm³/mol. The fourth-order valence-corrected chi connectivity index (χ4v) is 3.22. The van der Waals surface area contributed by atoms with Gasteiger partial charge in [-0.2, -0.15) is 0 Å². The Hall–Kier alpha value is -3.06. The lowest BCUT2D eigenvalue weighted by Gasteiger charge is -2.18. The van der Waals surface area contributed by atoms with Gasteiger partial charge < -0.3 is 25.8 Å². The number of nitrogens with two attached hydrogens (primary N) is 1. The van der Waals surface area contributed by atoms with Crippen LogP contribution in [-0.2, 0) is 17.8 Å². The maximum Gasteiger partial charge on any atom is 0.248 e. The van der Waals surface area contributed by atoms with E-state index in [1.54, 1.807) is 12.1 Å². The highest BCUT2D eigenvalue weighted by Crippen LogP contribution is 2.23. The van der Waals surface area contributed by atoms with E-state index in [1.165, 1.54) is 0 Å². The molecule has 2 aromatic carbocycles. The quantitative estimate of drug-likeness (QED) is 0.459. The number of rotatable bonds is 8. The van der Waals surface area contributed by atoms with Crippen molar-refractivity contribution in [2.24, 2.45) is 10.7 Å². The van der Waals surface area contributed by atoms with Gasteiger partial charge in [0.05, 0.1) is 19.8 Å². The Balaban J connectivity index is 1.67. The van der Waals surface area contributed by atoms with Gasteiger partial charge in [0.25, 0.3) is 0 Å². The Bertz CT molecular complexity index is 892. The second-order valence-electron chi connectivity index (χ2n) is 7.33. The number of carbonyl (C=O) groups excluding carboxylic acids is 1. The predicted octanol–water partition coefficient (Wildman–Crippen LogP) is 2.52. The molecule has 0 aromatic heterocycles. The Labute approximate surface area is 177 Å². The molecule has 1 amide bonds. The fourth-order valence-electron chi connectivity index (χ4n) is 3.22. The number of benzene rings is 2. The minimum absolute atomic E-state index is 0.102. The number of primary amides is 1. The largest absolute Gasteiger partial charge is 0.488 e. The summed E-state index contributed by atoms with van der Waals surface area (Å²) in [6.07, 6.45) is 1.01. The van der Waals surface area contributed by atoms with Crippen LogP contribution in [0.25, 0.3) is 0 Å². The number of carbonyl (C=O) groups is 1. The smallest absolute Gasteiger partial charge is 0.248 e. The number of amides is 1. The molecule has 2 aromatic rings. The molecule has 1 saturated heterocycles. The molecule has 3 rings (SSSR count). The summed E-state index contributed by atoms with van der Waals surface area (Å²) < 4.78 is 11.6. The summed E-state index contributed by atoms with van der Waals surface area (Å²) in [6, 6.07) is 13.4. The van der Waals surface area contributed by atoms with Crippen molar-refractivity contribution < 1.29 is 14.3 Å². The van der Waals surface area contributed by atoms with Crippen LogP contribution in [0.2, 0.25) is 0 Å². The van der Waals surface area contributed by atoms with Gasteiger partial charge in [-0.05, 0) is 43.2 Å². The first-order valence-electron chi connectivity index (χ1n) is 10.3. The van der Waals surface area contributed by atoms with E-state index >= 15 is 0 Å². The van der Waals surface area contributed by atoms with E-state index in [0.29, 0.717) is 31.2 Å². The van der Waals surface area contributed by atoms with Crippen LogP contribution in [0.15, 0.2) is 47.5 Å². The Kier molecular flexibility index (Phi) is 7.68. The molecule has 0 spiro atoms. The van der Waals surface area contributed by atoms with Gasteiger partial charge in [0.15, 0.2) is 5.96 Å². The monoisotopic (exact) mass is 410 g/mol. The zero-order valence-corrected chi connectivity index (χ0v) is 17.6. The van der Waals surface area contributed by atoms with Gasteiger partial charge in [-0.15, -0.1) is 0 Å². The van der Waals surface area contributed by atoms with Crippen LogP contribution in [-0.4, -0.2) is 37.7 Å². The first-order chi connectivity index (χ1) is 14.5. The molecule has 1 atom stereocenters. The third kappa shape index (κ3) is 6.22. The highest BCUT2D eigenvalue weighted by atomic mass is 16.5. The minimum atomic E-state index is -0.439. The molecule has 7 nitrogen and oxygen atoms in total. The number of hydrogen-bond donors (Lipinski definition) is 3. The maximum absolute atomic E-state index is 11.4. The highest BCUT2D eigenvalue weighted by Gasteiger charge is 2.18. The average Bonchev–Trinajstić information content (AvgIpc) is 3.24. The fraction of sp³-hybridized carbons (Fsp3) is 0.391. The lowest BCUT2D eigenvalue weighted by molar-refractivity contribution is 0.1000. The van der Waals surface area contributed by atoms with Crippen molar-refractivity contribution in [1.82, 2.24) is 10.6 Å². The van der Waals surface area contributed by atoms with Crippen molar-refractivity contribution in [2.75, 3.05) is 19.8 Å². The van der Waals surface area contributed by atoms with Crippen LogP contribution >= 0.6 is 0 Å². The highest BCUT2D eigenvalue weighted by molar-refractivity contribution is 5.92. The molecule has 4 N–H and O–H groups in total. The number of aliphatic imine (C=N–C) groups is 1. The van der Waals surface area contributed by atoms with Crippen molar-refractivity contribution in [3.8, 4) is 5.75 Å². The molecule has 0 aliphatic carbocycles. The molecule has 160 valence electrons. The van der Waals surface area contributed by atoms with E-state index in [1.807, 2.05) is 19.1 Å². The van der Waals surface area contributed by atoms with Gasteiger partial charge in [-0.25, -0.2) is 4.99 Å². The minimum Gasteiger partial charge on any atom is -0.488 e. The van der Waals surface area contributed by atoms with E-state index in [-0.39, 0.29) is 6.10 Å². The van der Waals surface area contributed by atoms with Gasteiger partial charge in [0.2, 0.25) is 5.91 Å². The van der Waals surface area contributed by atoms with E-state index in [4.69, 9.17) is 15.2 Å².